The number of nitrogens with one attached hydrogen (secondary N) is 1. The van der Waals surface area contributed by atoms with Gasteiger partial charge in [-0.1, -0.05) is 55.5 Å². The van der Waals surface area contributed by atoms with Crippen LogP contribution in [-0.4, -0.2) is 27.4 Å². The Morgan fingerprint density at radius 2 is 1.70 bits per heavy atom. The number of rotatable bonds is 5. The second-order valence-corrected chi connectivity index (χ2v) is 9.12. The van der Waals surface area contributed by atoms with Crippen LogP contribution in [0.1, 0.15) is 18.4 Å². The minimum atomic E-state index is -3.94. The molecule has 1 amide bonds. The first kappa shape index (κ1) is 20.1. The Bertz CT molecular complexity index is 1200. The van der Waals surface area contributed by atoms with Crippen LogP contribution in [0, 0.1) is 5.82 Å². The molecular weight excluding hydrogens is 403 g/mol. The zero-order chi connectivity index (χ0) is 21.3. The van der Waals surface area contributed by atoms with Crippen molar-refractivity contribution in [1.82, 2.24) is 5.32 Å². The number of hydrogen-bond donors (Lipinski definition) is 1. The molecule has 5 nitrogen and oxygen atoms in total. The van der Waals surface area contributed by atoms with Gasteiger partial charge < -0.3 is 5.32 Å². The highest BCUT2D eigenvalue weighted by Crippen LogP contribution is 2.42. The number of benzene rings is 3. The van der Waals surface area contributed by atoms with Crippen LogP contribution >= 0.6 is 0 Å². The molecule has 1 aliphatic rings. The summed E-state index contributed by atoms with van der Waals surface area (Å²) in [4.78, 5) is 12.7. The van der Waals surface area contributed by atoms with Gasteiger partial charge in [0.05, 0.1) is 10.6 Å². The average Bonchev–Trinajstić information content (AvgIpc) is 2.76. The number of fused-ring (bicyclic) bond motifs is 3. The Kier molecular flexibility index (Phi) is 5.30. The summed E-state index contributed by atoms with van der Waals surface area (Å²) in [5.41, 5.74) is 2.26. The van der Waals surface area contributed by atoms with Crippen LogP contribution in [0.5, 0.6) is 0 Å². The van der Waals surface area contributed by atoms with E-state index in [4.69, 9.17) is 0 Å². The summed E-state index contributed by atoms with van der Waals surface area (Å²) in [6.07, 6.45) is 0. The SMILES string of the molecule is C[C@H](CNC(=O)CN1c2ccc(F)cc2-c2ccccc2S1(=O)=O)c1ccccc1. The minimum absolute atomic E-state index is 0.0635. The molecule has 0 unspecified atom stereocenters. The van der Waals surface area contributed by atoms with E-state index in [1.807, 2.05) is 37.3 Å². The second kappa shape index (κ2) is 7.91. The fourth-order valence-electron chi connectivity index (χ4n) is 3.63. The molecule has 0 aliphatic carbocycles. The maximum Gasteiger partial charge on any atom is 0.265 e. The standard InChI is InChI=1S/C23H21FN2O3S/c1-16(17-7-3-2-4-8-17)14-25-23(27)15-26-21-12-11-18(24)13-20(21)19-9-5-6-10-22(19)30(26,28)29/h2-13,16H,14-15H2,1H3,(H,25,27)/t16-/m1/s1. The van der Waals surface area contributed by atoms with Crippen LogP contribution in [0.15, 0.2) is 77.7 Å². The van der Waals surface area contributed by atoms with Crippen LogP contribution < -0.4 is 9.62 Å². The van der Waals surface area contributed by atoms with E-state index in [1.54, 1.807) is 18.2 Å². The molecule has 0 aromatic heterocycles. The average molecular weight is 424 g/mol. The number of nitrogens with zero attached hydrogens (tertiary/aromatic N) is 1. The van der Waals surface area contributed by atoms with E-state index in [-0.39, 0.29) is 17.4 Å². The highest BCUT2D eigenvalue weighted by Gasteiger charge is 2.36. The molecule has 3 aromatic carbocycles. The van der Waals surface area contributed by atoms with Crippen LogP contribution in [0.3, 0.4) is 0 Å². The molecule has 0 spiro atoms. The summed E-state index contributed by atoms with van der Waals surface area (Å²) in [5, 5.41) is 2.81. The molecule has 0 bridgehead atoms. The van der Waals surface area contributed by atoms with Crippen molar-refractivity contribution in [2.75, 3.05) is 17.4 Å². The molecule has 0 fully saturated rings. The van der Waals surface area contributed by atoms with E-state index < -0.39 is 21.7 Å². The first-order valence-electron chi connectivity index (χ1n) is 9.61. The van der Waals surface area contributed by atoms with Crippen molar-refractivity contribution < 1.29 is 17.6 Å². The molecule has 0 saturated heterocycles. The Morgan fingerprint density at radius 3 is 2.47 bits per heavy atom. The van der Waals surface area contributed by atoms with Crippen molar-refractivity contribution in [2.24, 2.45) is 0 Å². The van der Waals surface area contributed by atoms with Gasteiger partial charge in [0.15, 0.2) is 0 Å². The van der Waals surface area contributed by atoms with E-state index >= 15 is 0 Å². The van der Waals surface area contributed by atoms with Crippen molar-refractivity contribution in [3.8, 4) is 11.1 Å². The molecule has 1 atom stereocenters. The highest BCUT2D eigenvalue weighted by atomic mass is 32.2. The molecule has 1 heterocycles. The molecule has 30 heavy (non-hydrogen) atoms. The van der Waals surface area contributed by atoms with Gasteiger partial charge in [-0.25, -0.2) is 12.8 Å². The first-order valence-corrected chi connectivity index (χ1v) is 11.1. The van der Waals surface area contributed by atoms with Crippen molar-refractivity contribution in [3.05, 3.63) is 84.2 Å². The highest BCUT2D eigenvalue weighted by molar-refractivity contribution is 7.93. The molecule has 0 radical (unpaired) electrons. The molecule has 7 heteroatoms. The number of amides is 1. The number of carbonyl (C=O) groups excluding carboxylic acids is 1. The number of anilines is 1. The van der Waals surface area contributed by atoms with Gasteiger partial charge in [-0.05, 0) is 35.7 Å². The van der Waals surface area contributed by atoms with Gasteiger partial charge in [0.25, 0.3) is 10.0 Å². The van der Waals surface area contributed by atoms with E-state index in [2.05, 4.69) is 5.32 Å². The molecule has 1 aliphatic heterocycles. The Morgan fingerprint density at radius 1 is 1.00 bits per heavy atom. The summed E-state index contributed by atoms with van der Waals surface area (Å²) in [5.74, 6) is -0.810. The van der Waals surface area contributed by atoms with Crippen LogP contribution in [0.25, 0.3) is 11.1 Å². The second-order valence-electron chi connectivity index (χ2n) is 7.29. The Balaban J connectivity index is 1.59. The Labute approximate surface area is 175 Å². The molecule has 1 N–H and O–H groups in total. The summed E-state index contributed by atoms with van der Waals surface area (Å²) in [6, 6.07) is 20.1. The molecular formula is C23H21FN2O3S. The van der Waals surface area contributed by atoms with E-state index in [0.29, 0.717) is 23.4 Å². The number of halogens is 1. The molecule has 4 rings (SSSR count). The lowest BCUT2D eigenvalue weighted by Gasteiger charge is -2.31. The van der Waals surface area contributed by atoms with Crippen LogP contribution in [-0.2, 0) is 14.8 Å². The maximum absolute atomic E-state index is 13.9. The fraction of sp³-hybridized carbons (Fsp3) is 0.174. The topological polar surface area (TPSA) is 66.5 Å². The smallest absolute Gasteiger partial charge is 0.265 e. The van der Waals surface area contributed by atoms with Crippen molar-refractivity contribution in [2.45, 2.75) is 17.7 Å². The van der Waals surface area contributed by atoms with Gasteiger partial charge in [-0.15, -0.1) is 0 Å². The van der Waals surface area contributed by atoms with Gasteiger partial charge in [-0.2, -0.15) is 0 Å². The molecule has 0 saturated carbocycles. The van der Waals surface area contributed by atoms with Crippen molar-refractivity contribution in [3.63, 3.8) is 0 Å². The third-order valence-corrected chi connectivity index (χ3v) is 7.05. The lowest BCUT2D eigenvalue weighted by Crippen LogP contribution is -2.43. The molecule has 154 valence electrons. The van der Waals surface area contributed by atoms with E-state index in [0.717, 1.165) is 9.87 Å². The minimum Gasteiger partial charge on any atom is -0.354 e. The van der Waals surface area contributed by atoms with Gasteiger partial charge in [0.1, 0.15) is 12.4 Å². The zero-order valence-corrected chi connectivity index (χ0v) is 17.2. The predicted octanol–water partition coefficient (Wildman–Crippen LogP) is 3.92. The third-order valence-electron chi connectivity index (χ3n) is 5.23. The largest absolute Gasteiger partial charge is 0.354 e. The summed E-state index contributed by atoms with van der Waals surface area (Å²) in [7, 11) is -3.94. The van der Waals surface area contributed by atoms with Gasteiger partial charge in [0, 0.05) is 17.7 Å². The first-order chi connectivity index (χ1) is 14.4. The summed E-state index contributed by atoms with van der Waals surface area (Å²) < 4.78 is 41.3. The summed E-state index contributed by atoms with van der Waals surface area (Å²) >= 11 is 0. The molecule has 3 aromatic rings. The van der Waals surface area contributed by atoms with Crippen molar-refractivity contribution >= 4 is 21.6 Å². The van der Waals surface area contributed by atoms with Gasteiger partial charge in [0.2, 0.25) is 5.91 Å². The van der Waals surface area contributed by atoms with E-state index in [9.17, 15) is 17.6 Å². The zero-order valence-electron chi connectivity index (χ0n) is 16.4. The maximum atomic E-state index is 13.9. The quantitative estimate of drug-likeness (QED) is 0.675. The lowest BCUT2D eigenvalue weighted by atomic mass is 10.0. The van der Waals surface area contributed by atoms with E-state index in [1.165, 1.54) is 24.3 Å². The number of carbonyl (C=O) groups is 1. The number of hydrogen-bond acceptors (Lipinski definition) is 3. The van der Waals surface area contributed by atoms with Gasteiger partial charge in [-0.3, -0.25) is 9.10 Å². The fourth-order valence-corrected chi connectivity index (χ4v) is 5.28. The third kappa shape index (κ3) is 3.68. The van der Waals surface area contributed by atoms with Crippen LogP contribution in [0.2, 0.25) is 0 Å². The Hall–Kier alpha value is -3.19. The summed E-state index contributed by atoms with van der Waals surface area (Å²) in [6.45, 7) is 1.99. The van der Waals surface area contributed by atoms with Gasteiger partial charge >= 0.3 is 0 Å². The predicted molar refractivity (Wildman–Crippen MR) is 114 cm³/mol. The van der Waals surface area contributed by atoms with Crippen molar-refractivity contribution in [1.29, 1.82) is 0 Å². The van der Waals surface area contributed by atoms with Crippen LogP contribution in [0.4, 0.5) is 10.1 Å². The monoisotopic (exact) mass is 424 g/mol. The number of sulfonamides is 1. The normalized spacial score (nSPS) is 15.1. The lowest BCUT2D eigenvalue weighted by molar-refractivity contribution is -0.119.